The van der Waals surface area contributed by atoms with Crippen molar-refractivity contribution < 1.29 is 9.59 Å². The van der Waals surface area contributed by atoms with Crippen LogP contribution in [-0.4, -0.2) is 17.5 Å². The van der Waals surface area contributed by atoms with E-state index in [0.717, 1.165) is 41.8 Å². The number of nitrogens with one attached hydrogen (secondary N) is 2. The summed E-state index contributed by atoms with van der Waals surface area (Å²) >= 11 is 0. The van der Waals surface area contributed by atoms with Crippen LogP contribution in [0.25, 0.3) is 0 Å². The number of carbonyl (C=O) groups is 2. The van der Waals surface area contributed by atoms with Crippen LogP contribution in [0.3, 0.4) is 0 Å². The molecule has 2 amide bonds. The monoisotopic (exact) mass is 329 g/mol. The third-order valence-corrected chi connectivity index (χ3v) is 4.33. The lowest BCUT2D eigenvalue weighted by Gasteiger charge is -2.18. The van der Waals surface area contributed by atoms with E-state index in [4.69, 9.17) is 0 Å². The number of carbonyl (C=O) groups excluding carboxylic acids is 2. The first-order valence-electron chi connectivity index (χ1n) is 8.65. The molecule has 0 unspecified atom stereocenters. The zero-order valence-corrected chi connectivity index (χ0v) is 14.8. The molecule has 1 fully saturated rings. The van der Waals surface area contributed by atoms with E-state index in [1.807, 2.05) is 32.0 Å². The van der Waals surface area contributed by atoms with Crippen LogP contribution in [0, 0.1) is 19.8 Å². The van der Waals surface area contributed by atoms with Crippen LogP contribution < -0.4 is 10.7 Å². The van der Waals surface area contributed by atoms with Gasteiger partial charge < -0.3 is 5.32 Å². The summed E-state index contributed by atoms with van der Waals surface area (Å²) in [4.78, 5) is 23.8. The molecule has 0 bridgehead atoms. The van der Waals surface area contributed by atoms with Gasteiger partial charge in [0.25, 0.3) is 0 Å². The molecule has 130 valence electrons. The van der Waals surface area contributed by atoms with Gasteiger partial charge in [0.05, 0.1) is 0 Å². The van der Waals surface area contributed by atoms with Gasteiger partial charge in [-0.05, 0) is 62.6 Å². The summed E-state index contributed by atoms with van der Waals surface area (Å²) in [6.45, 7) is 6.13. The summed E-state index contributed by atoms with van der Waals surface area (Å²) in [5.41, 5.74) is 6.54. The Kier molecular flexibility index (Phi) is 6.53. The molecule has 5 heteroatoms. The Bertz CT molecular complexity index is 637. The van der Waals surface area contributed by atoms with Gasteiger partial charge in [0.15, 0.2) is 0 Å². The Labute approximate surface area is 143 Å². The molecule has 1 aliphatic carbocycles. The van der Waals surface area contributed by atoms with Crippen molar-refractivity contribution in [2.24, 2.45) is 11.0 Å². The highest BCUT2D eigenvalue weighted by Gasteiger charge is 2.14. The molecular formula is C19H27N3O2. The van der Waals surface area contributed by atoms with Crippen LogP contribution in [-0.2, 0) is 9.59 Å². The summed E-state index contributed by atoms with van der Waals surface area (Å²) in [7, 11) is 0. The number of benzene rings is 1. The molecule has 0 heterocycles. The molecule has 1 aliphatic rings. The topological polar surface area (TPSA) is 70.6 Å². The standard InChI is InChI=1S/C19H27N3O2/c1-13-5-4-6-16(11-13)21-22-19(24)10-9-18(23)20-17-12-14(2)7-8-15(17)3/h7-8,12-13H,4-6,9-11H2,1-3H3,(H,20,23)(H,22,24)/t13-/m1/s1. The third kappa shape index (κ3) is 5.80. The van der Waals surface area contributed by atoms with E-state index in [-0.39, 0.29) is 24.7 Å². The first kappa shape index (κ1) is 18.2. The average Bonchev–Trinajstić information content (AvgIpc) is 2.54. The van der Waals surface area contributed by atoms with Crippen LogP contribution in [0.2, 0.25) is 0 Å². The van der Waals surface area contributed by atoms with E-state index in [0.29, 0.717) is 5.92 Å². The van der Waals surface area contributed by atoms with Gasteiger partial charge in [-0.15, -0.1) is 0 Å². The zero-order chi connectivity index (χ0) is 17.5. The van der Waals surface area contributed by atoms with E-state index in [1.54, 1.807) is 0 Å². The van der Waals surface area contributed by atoms with Gasteiger partial charge in [-0.3, -0.25) is 9.59 Å². The first-order chi connectivity index (χ1) is 11.4. The second-order valence-electron chi connectivity index (χ2n) is 6.78. The second kappa shape index (κ2) is 8.62. The van der Waals surface area contributed by atoms with Gasteiger partial charge in [-0.25, -0.2) is 5.43 Å². The molecule has 1 saturated carbocycles. The number of nitrogens with zero attached hydrogens (tertiary/aromatic N) is 1. The van der Waals surface area contributed by atoms with Gasteiger partial charge in [-0.1, -0.05) is 19.1 Å². The molecule has 0 spiro atoms. The highest BCUT2D eigenvalue weighted by Crippen LogP contribution is 2.21. The van der Waals surface area contributed by atoms with Crippen LogP contribution >= 0.6 is 0 Å². The maximum Gasteiger partial charge on any atom is 0.240 e. The van der Waals surface area contributed by atoms with Gasteiger partial charge in [0, 0.05) is 24.2 Å². The third-order valence-electron chi connectivity index (χ3n) is 4.33. The number of rotatable bonds is 5. The van der Waals surface area contributed by atoms with Gasteiger partial charge in [-0.2, -0.15) is 5.10 Å². The molecule has 1 aromatic rings. The van der Waals surface area contributed by atoms with Crippen LogP contribution in [0.4, 0.5) is 5.69 Å². The summed E-state index contributed by atoms with van der Waals surface area (Å²) in [6.07, 6.45) is 4.56. The van der Waals surface area contributed by atoms with Crippen LogP contribution in [0.5, 0.6) is 0 Å². The number of aryl methyl sites for hydroxylation is 2. The molecule has 0 aliphatic heterocycles. The molecule has 0 aromatic heterocycles. The van der Waals surface area contributed by atoms with Crippen molar-refractivity contribution in [3.63, 3.8) is 0 Å². The Morgan fingerprint density at radius 2 is 1.96 bits per heavy atom. The predicted molar refractivity (Wildman–Crippen MR) is 97.0 cm³/mol. The Hall–Kier alpha value is -2.17. The number of amides is 2. The van der Waals surface area contributed by atoms with Crippen molar-refractivity contribution in [2.45, 2.75) is 59.3 Å². The number of hydrogen-bond donors (Lipinski definition) is 2. The van der Waals surface area contributed by atoms with E-state index in [9.17, 15) is 9.59 Å². The lowest BCUT2D eigenvalue weighted by atomic mass is 9.89. The summed E-state index contributed by atoms with van der Waals surface area (Å²) in [5.74, 6) is 0.271. The van der Waals surface area contributed by atoms with Crippen LogP contribution in [0.15, 0.2) is 23.3 Å². The lowest BCUT2D eigenvalue weighted by molar-refractivity contribution is -0.124. The minimum absolute atomic E-state index is 0.142. The Balaban J connectivity index is 1.76. The normalized spacial score (nSPS) is 19.1. The minimum atomic E-state index is -0.211. The quantitative estimate of drug-likeness (QED) is 0.809. The molecule has 2 N–H and O–H groups in total. The lowest BCUT2D eigenvalue weighted by Crippen LogP contribution is -2.23. The molecule has 0 saturated heterocycles. The summed E-state index contributed by atoms with van der Waals surface area (Å²) in [5, 5.41) is 7.07. The van der Waals surface area contributed by atoms with Crippen molar-refractivity contribution in [2.75, 3.05) is 5.32 Å². The van der Waals surface area contributed by atoms with E-state index < -0.39 is 0 Å². The van der Waals surface area contributed by atoms with Crippen molar-refractivity contribution in [3.05, 3.63) is 29.3 Å². The summed E-state index contributed by atoms with van der Waals surface area (Å²) in [6, 6.07) is 5.91. The molecule has 5 nitrogen and oxygen atoms in total. The first-order valence-corrected chi connectivity index (χ1v) is 8.65. The predicted octanol–water partition coefficient (Wildman–Crippen LogP) is 3.70. The Morgan fingerprint density at radius 3 is 2.71 bits per heavy atom. The van der Waals surface area contributed by atoms with Gasteiger partial charge in [0.1, 0.15) is 0 Å². The fourth-order valence-corrected chi connectivity index (χ4v) is 2.87. The summed E-state index contributed by atoms with van der Waals surface area (Å²) < 4.78 is 0. The van der Waals surface area contributed by atoms with Gasteiger partial charge in [0.2, 0.25) is 11.8 Å². The van der Waals surface area contributed by atoms with E-state index in [2.05, 4.69) is 22.8 Å². The SMILES string of the molecule is Cc1ccc(C)c(NC(=O)CCC(=O)NN=C2CCC[C@@H](C)C2)c1. The van der Waals surface area contributed by atoms with E-state index >= 15 is 0 Å². The van der Waals surface area contributed by atoms with Crippen molar-refractivity contribution in [1.29, 1.82) is 0 Å². The zero-order valence-electron chi connectivity index (χ0n) is 14.8. The van der Waals surface area contributed by atoms with Crippen LogP contribution in [0.1, 0.15) is 56.6 Å². The molecule has 2 rings (SSSR count). The smallest absolute Gasteiger partial charge is 0.240 e. The maximum atomic E-state index is 12.0. The molecule has 1 atom stereocenters. The highest BCUT2D eigenvalue weighted by atomic mass is 16.2. The fraction of sp³-hybridized carbons (Fsp3) is 0.526. The average molecular weight is 329 g/mol. The van der Waals surface area contributed by atoms with Crippen molar-refractivity contribution in [3.8, 4) is 0 Å². The number of hydrazone groups is 1. The molecule has 24 heavy (non-hydrogen) atoms. The maximum absolute atomic E-state index is 12.0. The molecule has 1 aromatic carbocycles. The number of hydrogen-bond acceptors (Lipinski definition) is 3. The fourth-order valence-electron chi connectivity index (χ4n) is 2.87. The highest BCUT2D eigenvalue weighted by molar-refractivity contribution is 5.94. The second-order valence-corrected chi connectivity index (χ2v) is 6.78. The molecule has 0 radical (unpaired) electrons. The Morgan fingerprint density at radius 1 is 1.21 bits per heavy atom. The largest absolute Gasteiger partial charge is 0.326 e. The van der Waals surface area contributed by atoms with Crippen molar-refractivity contribution in [1.82, 2.24) is 5.43 Å². The molecular weight excluding hydrogens is 302 g/mol. The number of anilines is 1. The van der Waals surface area contributed by atoms with Crippen molar-refractivity contribution >= 4 is 23.2 Å². The van der Waals surface area contributed by atoms with Gasteiger partial charge >= 0.3 is 0 Å². The van der Waals surface area contributed by atoms with E-state index in [1.165, 1.54) is 6.42 Å². The minimum Gasteiger partial charge on any atom is -0.326 e.